The molecule has 0 amide bonds. The minimum Gasteiger partial charge on any atom is -0.201 e. The van der Waals surface area contributed by atoms with Crippen molar-refractivity contribution in [3.63, 3.8) is 0 Å². The number of benzene rings is 4. The molecule has 4 nitrogen and oxygen atoms in total. The number of hydrogen-bond donors (Lipinski definition) is 0. The summed E-state index contributed by atoms with van der Waals surface area (Å²) >= 11 is 0. The van der Waals surface area contributed by atoms with Crippen LogP contribution >= 0.6 is 0 Å². The molecule has 0 aliphatic heterocycles. The molecule has 0 bridgehead atoms. The van der Waals surface area contributed by atoms with E-state index in [0.717, 1.165) is 32.1 Å². The number of nitrogens with zero attached hydrogens (tertiary/aromatic N) is 4. The van der Waals surface area contributed by atoms with Crippen molar-refractivity contribution in [3.05, 3.63) is 189 Å². The van der Waals surface area contributed by atoms with Crippen LogP contribution in [0.15, 0.2) is 122 Å². The highest BCUT2D eigenvalue weighted by molar-refractivity contribution is 6.90. The lowest BCUT2D eigenvalue weighted by atomic mass is 9.84. The zero-order valence-electron chi connectivity index (χ0n) is 74.5. The summed E-state index contributed by atoms with van der Waals surface area (Å²) in [6.45, 7) is 84.8. The van der Waals surface area contributed by atoms with Gasteiger partial charge in [-0.25, -0.2) is 18.3 Å². The van der Waals surface area contributed by atoms with Gasteiger partial charge in [0.1, 0.15) is 28.2 Å². The summed E-state index contributed by atoms with van der Waals surface area (Å²) in [4.78, 5) is 0. The predicted octanol–water partition coefficient (Wildman–Crippen LogP) is 22.4. The van der Waals surface area contributed by atoms with E-state index in [0.29, 0.717) is 33.5 Å². The number of aromatic nitrogens is 4. The molecule has 568 valence electrons. The molecule has 0 spiro atoms. The van der Waals surface area contributed by atoms with Crippen LogP contribution in [0.4, 0.5) is 0 Å². The van der Waals surface area contributed by atoms with E-state index in [1.165, 1.54) is 112 Å². The predicted molar refractivity (Wildman–Crippen MR) is 472 cm³/mol. The van der Waals surface area contributed by atoms with Gasteiger partial charge in [-0.3, -0.25) is 0 Å². The molecule has 0 atom stereocenters. The standard InChI is InChI=1S/2C25H40NSi.C24H38NSi.C22H34NSi/c1-18-12-13-20(25(5,6)7)14-21(18)22-15-23(27(9,10)11)19(17-26(22)8)16-24(2,3)4;1-18(2)13-20-12-11-19(3)22(14-20)23-15-24(27(8,9)10)21(17-26(23)7)16-25(4,5)6;1-17(2)19-12-11-18(3)21(13-19)22-14-23(26(8,9)10)20(16-25(22)7)15-24(4,5)6;1-16-10-11-17(2)19(12-16)20-13-21(24(7,8)9)18(15-23(20)6)14-22(3,4)5/h12-15,17H,16H2,1-11H3;11-12,14-15,17-18H,13,16H2,1-10H3;11-14,16-17H,15H2,1-10H3;10-13,15H,14H2,1-9H3/q4*+1. The highest BCUT2D eigenvalue weighted by Gasteiger charge is 2.34. The van der Waals surface area contributed by atoms with Gasteiger partial charge in [-0.05, 0) is 190 Å². The third kappa shape index (κ3) is 25.8. The van der Waals surface area contributed by atoms with Crippen molar-refractivity contribution in [1.82, 2.24) is 0 Å². The largest absolute Gasteiger partial charge is 0.212 e. The van der Waals surface area contributed by atoms with Gasteiger partial charge in [0, 0.05) is 68.8 Å². The Morgan fingerprint density at radius 1 is 0.317 bits per heavy atom. The molecule has 0 aliphatic carbocycles. The molecule has 8 rings (SSSR count). The normalized spacial score (nSPS) is 12.8. The van der Waals surface area contributed by atoms with E-state index in [9.17, 15) is 0 Å². The zero-order valence-corrected chi connectivity index (χ0v) is 78.5. The van der Waals surface area contributed by atoms with Gasteiger partial charge in [0.15, 0.2) is 24.8 Å². The molecule has 8 heteroatoms. The Morgan fingerprint density at radius 3 is 0.865 bits per heavy atom. The second-order valence-electron chi connectivity index (χ2n) is 42.4. The summed E-state index contributed by atoms with van der Waals surface area (Å²) in [5.41, 5.74) is 29.4. The Balaban J connectivity index is 0.000000249. The molecule has 4 aromatic carbocycles. The molecule has 0 fully saturated rings. The van der Waals surface area contributed by atoms with Gasteiger partial charge in [-0.15, -0.1) is 0 Å². The van der Waals surface area contributed by atoms with E-state index in [2.05, 4.69) is 413 Å². The van der Waals surface area contributed by atoms with Crippen molar-refractivity contribution in [3.8, 4) is 45.0 Å². The number of rotatable bonds is 15. The SMILES string of the molecule is Cc1ccc(C(C)(C)C)cc1-c1cc([Si](C)(C)C)c(CC(C)(C)C)c[n+]1C.Cc1ccc(C(C)C)cc1-c1cc([Si](C)(C)C)c(CC(C)(C)C)c[n+]1C.Cc1ccc(C)c(-c2cc([Si](C)(C)C)c(CC(C)(C)C)c[n+]2C)c1.Cc1ccc(CC(C)C)cc1-c1cc([Si](C)(C)C)c(CC(C)(C)C)c[n+]1C. The Hall–Kier alpha value is -5.65. The maximum absolute atomic E-state index is 2.51. The summed E-state index contributed by atoms with van der Waals surface area (Å²) in [7, 11) is 3.10. The minimum atomic E-state index is -1.45. The highest BCUT2D eigenvalue weighted by Crippen LogP contribution is 2.34. The molecule has 0 saturated heterocycles. The molecular weight excluding hydrogens is 1320 g/mol. The van der Waals surface area contributed by atoms with Crippen molar-refractivity contribution in [2.24, 2.45) is 55.8 Å². The van der Waals surface area contributed by atoms with Crippen molar-refractivity contribution >= 4 is 53.0 Å². The van der Waals surface area contributed by atoms with Crippen LogP contribution in [0.1, 0.15) is 204 Å². The van der Waals surface area contributed by atoms with Gasteiger partial charge in [-0.1, -0.05) is 264 Å². The van der Waals surface area contributed by atoms with E-state index in [1.807, 2.05) is 0 Å². The van der Waals surface area contributed by atoms with Crippen molar-refractivity contribution < 1.29 is 18.3 Å². The van der Waals surface area contributed by atoms with Crippen LogP contribution in [-0.2, 0) is 65.7 Å². The summed E-state index contributed by atoms with van der Waals surface area (Å²) < 4.78 is 9.37. The van der Waals surface area contributed by atoms with Crippen LogP contribution < -0.4 is 39.0 Å². The molecule has 0 radical (unpaired) electrons. The lowest BCUT2D eigenvalue weighted by molar-refractivity contribution is -0.660. The number of pyridine rings is 4. The maximum Gasteiger partial charge on any atom is 0.212 e. The van der Waals surface area contributed by atoms with Crippen LogP contribution in [0.25, 0.3) is 45.0 Å². The van der Waals surface area contributed by atoms with Gasteiger partial charge in [0.25, 0.3) is 0 Å². The second kappa shape index (κ2) is 33.9. The van der Waals surface area contributed by atoms with E-state index >= 15 is 0 Å². The van der Waals surface area contributed by atoms with Crippen LogP contribution in [-0.4, -0.2) is 32.3 Å². The van der Waals surface area contributed by atoms with E-state index in [-0.39, 0.29) is 5.41 Å². The van der Waals surface area contributed by atoms with E-state index < -0.39 is 32.3 Å². The van der Waals surface area contributed by atoms with Crippen LogP contribution in [0.2, 0.25) is 78.6 Å². The molecule has 8 aromatic rings. The van der Waals surface area contributed by atoms with Gasteiger partial charge in [0.05, 0.1) is 32.3 Å². The molecule has 0 aliphatic rings. The molecule has 104 heavy (non-hydrogen) atoms. The van der Waals surface area contributed by atoms with Crippen LogP contribution in [0, 0.1) is 62.2 Å². The zero-order chi connectivity index (χ0) is 79.5. The summed E-state index contributed by atoms with van der Waals surface area (Å²) in [6.07, 6.45) is 15.2. The first-order valence-electron chi connectivity index (χ1n) is 39.6. The van der Waals surface area contributed by atoms with E-state index in [1.54, 1.807) is 20.7 Å². The van der Waals surface area contributed by atoms with E-state index in [4.69, 9.17) is 0 Å². The Kier molecular flexibility index (Phi) is 29.0. The molecule has 4 aromatic heterocycles. The molecule has 4 heterocycles. The minimum absolute atomic E-state index is 0.162. The van der Waals surface area contributed by atoms with Crippen molar-refractivity contribution in [1.29, 1.82) is 0 Å². The lowest BCUT2D eigenvalue weighted by Gasteiger charge is -2.26. The van der Waals surface area contributed by atoms with Crippen molar-refractivity contribution in [2.75, 3.05) is 0 Å². The topological polar surface area (TPSA) is 15.5 Å². The van der Waals surface area contributed by atoms with Crippen LogP contribution in [0.5, 0.6) is 0 Å². The van der Waals surface area contributed by atoms with Gasteiger partial charge >= 0.3 is 0 Å². The third-order valence-corrected chi connectivity index (χ3v) is 28.3. The monoisotopic (exact) mass is 1470 g/mol. The van der Waals surface area contributed by atoms with Crippen molar-refractivity contribution in [2.45, 2.75) is 288 Å². The number of hydrogen-bond acceptors (Lipinski definition) is 0. The molecule has 0 N–H and O–H groups in total. The molecule has 0 unspecified atom stereocenters. The van der Waals surface area contributed by atoms with Gasteiger partial charge < -0.3 is 0 Å². The fraction of sp³-hybridized carbons (Fsp3) is 0.542. The fourth-order valence-corrected chi connectivity index (χ4v) is 21.5. The fourth-order valence-electron chi connectivity index (χ4n) is 14.7. The Morgan fingerprint density at radius 2 is 0.587 bits per heavy atom. The average Bonchev–Trinajstić information content (AvgIpc) is 0.775. The Bertz CT molecular complexity index is 4270. The third-order valence-electron chi connectivity index (χ3n) is 20.0. The summed E-state index contributed by atoms with van der Waals surface area (Å²) in [6, 6.07) is 37.7. The van der Waals surface area contributed by atoms with Crippen LogP contribution in [0.3, 0.4) is 0 Å². The summed E-state index contributed by atoms with van der Waals surface area (Å²) in [5, 5.41) is 6.42. The first kappa shape index (κ1) is 89.0. The number of aryl methyl sites for hydroxylation is 9. The average molecular weight is 1470 g/mol. The Labute approximate surface area is 644 Å². The smallest absolute Gasteiger partial charge is 0.201 e. The quantitative estimate of drug-likeness (QED) is 0.0718. The maximum atomic E-state index is 2.51. The molecule has 0 saturated carbocycles. The van der Waals surface area contributed by atoms with Gasteiger partial charge in [-0.2, -0.15) is 0 Å². The molecular formula is C96H152N4Si4+4. The first-order chi connectivity index (χ1) is 47.0. The van der Waals surface area contributed by atoms with Gasteiger partial charge in [0.2, 0.25) is 22.8 Å². The highest BCUT2D eigenvalue weighted by atomic mass is 28.3. The second-order valence-corrected chi connectivity index (χ2v) is 62.5. The summed E-state index contributed by atoms with van der Waals surface area (Å²) in [5.74, 6) is 1.23. The first-order valence-corrected chi connectivity index (χ1v) is 53.6. The lowest BCUT2D eigenvalue weighted by Crippen LogP contribution is -2.45.